The van der Waals surface area contributed by atoms with Gasteiger partial charge in [-0.2, -0.15) is 0 Å². The number of fused-ring (bicyclic) bond motifs is 1. The molecule has 0 amide bonds. The number of hydrogen-bond acceptors (Lipinski definition) is 2. The van der Waals surface area contributed by atoms with Crippen LogP contribution >= 0.6 is 11.8 Å². The van der Waals surface area contributed by atoms with Gasteiger partial charge in [0.05, 0.1) is 6.10 Å². The summed E-state index contributed by atoms with van der Waals surface area (Å²) in [6.45, 7) is 4.49. The van der Waals surface area contributed by atoms with Crippen molar-refractivity contribution in [1.29, 1.82) is 0 Å². The number of aliphatic hydroxyl groups excluding tert-OH is 1. The van der Waals surface area contributed by atoms with Gasteiger partial charge >= 0.3 is 0 Å². The predicted octanol–water partition coefficient (Wildman–Crippen LogP) is 3.89. The van der Waals surface area contributed by atoms with Crippen LogP contribution in [0.1, 0.15) is 38.7 Å². The van der Waals surface area contributed by atoms with E-state index in [0.29, 0.717) is 5.25 Å². The number of aliphatic hydroxyl groups is 1. The van der Waals surface area contributed by atoms with E-state index in [0.717, 1.165) is 25.2 Å². The van der Waals surface area contributed by atoms with Gasteiger partial charge in [-0.15, -0.1) is 11.8 Å². The molecule has 0 bridgehead atoms. The van der Waals surface area contributed by atoms with Gasteiger partial charge < -0.3 is 5.11 Å². The molecular formula is C15H22OS. The number of thioether (sulfide) groups is 1. The second-order valence-corrected chi connectivity index (χ2v) is 6.64. The van der Waals surface area contributed by atoms with Crippen LogP contribution in [0.3, 0.4) is 0 Å². The van der Waals surface area contributed by atoms with Crippen molar-refractivity contribution in [2.24, 2.45) is 5.92 Å². The highest BCUT2D eigenvalue weighted by Crippen LogP contribution is 2.39. The van der Waals surface area contributed by atoms with E-state index in [9.17, 15) is 5.11 Å². The minimum absolute atomic E-state index is 0.147. The Morgan fingerprint density at radius 1 is 1.29 bits per heavy atom. The maximum absolute atomic E-state index is 10.2. The minimum atomic E-state index is -0.147. The molecule has 0 radical (unpaired) electrons. The van der Waals surface area contributed by atoms with Gasteiger partial charge in [-0.1, -0.05) is 44.9 Å². The van der Waals surface area contributed by atoms with Crippen molar-refractivity contribution >= 4 is 11.8 Å². The van der Waals surface area contributed by atoms with Crippen molar-refractivity contribution in [3.8, 4) is 0 Å². The molecular weight excluding hydrogens is 228 g/mol. The Labute approximate surface area is 109 Å². The van der Waals surface area contributed by atoms with Gasteiger partial charge in [0.2, 0.25) is 0 Å². The van der Waals surface area contributed by atoms with Crippen LogP contribution in [0.5, 0.6) is 0 Å². The molecule has 0 aromatic heterocycles. The fraction of sp³-hybridized carbons (Fsp3) is 0.600. The molecule has 94 valence electrons. The third-order valence-electron chi connectivity index (χ3n) is 3.38. The first kappa shape index (κ1) is 13.0. The maximum Gasteiger partial charge on any atom is 0.0665 e. The van der Waals surface area contributed by atoms with Gasteiger partial charge in [-0.3, -0.25) is 0 Å². The van der Waals surface area contributed by atoms with Crippen LogP contribution < -0.4 is 0 Å². The molecule has 0 saturated carbocycles. The van der Waals surface area contributed by atoms with E-state index in [2.05, 4.69) is 38.1 Å². The Bertz CT molecular complexity index is 337. The summed E-state index contributed by atoms with van der Waals surface area (Å²) in [4.78, 5) is 1.36. The lowest BCUT2D eigenvalue weighted by atomic mass is 10.00. The Hall–Kier alpha value is -0.470. The van der Waals surface area contributed by atoms with E-state index >= 15 is 0 Å². The normalized spacial score (nSPS) is 20.6. The van der Waals surface area contributed by atoms with Crippen molar-refractivity contribution in [2.45, 2.75) is 55.8 Å². The highest BCUT2D eigenvalue weighted by molar-refractivity contribution is 8.00. The summed E-state index contributed by atoms with van der Waals surface area (Å²) in [5.41, 5.74) is 1.41. The summed E-state index contributed by atoms with van der Waals surface area (Å²) >= 11 is 1.85. The number of hydrogen-bond donors (Lipinski definition) is 1. The molecule has 1 aromatic carbocycles. The second-order valence-electron chi connectivity index (χ2n) is 5.36. The molecule has 0 aliphatic carbocycles. The van der Waals surface area contributed by atoms with Crippen LogP contribution in [0, 0.1) is 5.92 Å². The molecule has 1 heterocycles. The third kappa shape index (κ3) is 3.49. The van der Waals surface area contributed by atoms with E-state index in [-0.39, 0.29) is 6.10 Å². The maximum atomic E-state index is 10.2. The molecule has 2 atom stereocenters. The summed E-state index contributed by atoms with van der Waals surface area (Å²) in [6, 6.07) is 8.52. The van der Waals surface area contributed by atoms with Gasteiger partial charge in [-0.05, 0) is 30.4 Å². The number of benzene rings is 1. The lowest BCUT2D eigenvalue weighted by molar-refractivity contribution is 0.157. The Balaban J connectivity index is 1.81. The molecule has 1 N–H and O–H groups in total. The molecule has 17 heavy (non-hydrogen) atoms. The summed E-state index contributed by atoms with van der Waals surface area (Å²) in [6.07, 6.45) is 4.20. The molecule has 2 rings (SSSR count). The Morgan fingerprint density at radius 3 is 2.76 bits per heavy atom. The zero-order valence-corrected chi connectivity index (χ0v) is 11.5. The van der Waals surface area contributed by atoms with Crippen LogP contribution in [-0.4, -0.2) is 16.5 Å². The van der Waals surface area contributed by atoms with Crippen LogP contribution in [0.15, 0.2) is 29.2 Å². The predicted molar refractivity (Wildman–Crippen MR) is 74.5 cm³/mol. The largest absolute Gasteiger partial charge is 0.392 e. The van der Waals surface area contributed by atoms with E-state index in [4.69, 9.17) is 0 Å². The van der Waals surface area contributed by atoms with Crippen molar-refractivity contribution in [1.82, 2.24) is 0 Å². The summed E-state index contributed by atoms with van der Waals surface area (Å²) in [7, 11) is 0. The lowest BCUT2D eigenvalue weighted by Gasteiger charge is -2.17. The van der Waals surface area contributed by atoms with E-state index < -0.39 is 0 Å². The standard InChI is InChI=1S/C15H22OS/c1-11(2)6-5-8-13(16)15-10-12-7-3-4-9-14(12)17-15/h3-4,7,9,11,13,15-16H,5-6,8,10H2,1-2H3. The molecule has 2 unspecified atom stereocenters. The zero-order valence-electron chi connectivity index (χ0n) is 10.7. The molecule has 2 heteroatoms. The van der Waals surface area contributed by atoms with Gasteiger partial charge in [0, 0.05) is 10.1 Å². The average Bonchev–Trinajstić information content (AvgIpc) is 2.71. The van der Waals surface area contributed by atoms with Gasteiger partial charge in [0.1, 0.15) is 0 Å². The Kier molecular flexibility index (Phi) is 4.52. The topological polar surface area (TPSA) is 20.2 Å². The van der Waals surface area contributed by atoms with Crippen LogP contribution in [-0.2, 0) is 6.42 Å². The monoisotopic (exact) mass is 250 g/mol. The summed E-state index contributed by atoms with van der Waals surface area (Å²) in [5.74, 6) is 0.746. The fourth-order valence-corrected chi connectivity index (χ4v) is 3.69. The van der Waals surface area contributed by atoms with Crippen molar-refractivity contribution in [3.63, 3.8) is 0 Å². The highest BCUT2D eigenvalue weighted by Gasteiger charge is 2.27. The lowest BCUT2D eigenvalue weighted by Crippen LogP contribution is -2.22. The number of rotatable bonds is 5. The summed E-state index contributed by atoms with van der Waals surface area (Å²) in [5, 5.41) is 10.6. The minimum Gasteiger partial charge on any atom is -0.392 e. The van der Waals surface area contributed by atoms with Crippen molar-refractivity contribution in [2.75, 3.05) is 0 Å². The van der Waals surface area contributed by atoms with Crippen molar-refractivity contribution in [3.05, 3.63) is 29.8 Å². The Morgan fingerprint density at radius 2 is 2.06 bits per heavy atom. The quantitative estimate of drug-likeness (QED) is 0.855. The molecule has 1 aromatic rings. The van der Waals surface area contributed by atoms with E-state index in [1.807, 2.05) is 11.8 Å². The van der Waals surface area contributed by atoms with Crippen molar-refractivity contribution < 1.29 is 5.11 Å². The van der Waals surface area contributed by atoms with E-state index in [1.54, 1.807) is 0 Å². The van der Waals surface area contributed by atoms with Crippen LogP contribution in [0.2, 0.25) is 0 Å². The third-order valence-corrected chi connectivity index (χ3v) is 4.82. The first-order valence-electron chi connectivity index (χ1n) is 6.59. The first-order valence-corrected chi connectivity index (χ1v) is 7.47. The molecule has 0 spiro atoms. The highest BCUT2D eigenvalue weighted by atomic mass is 32.2. The van der Waals surface area contributed by atoms with Crippen LogP contribution in [0.25, 0.3) is 0 Å². The molecule has 1 aliphatic heterocycles. The summed E-state index contributed by atoms with van der Waals surface area (Å²) < 4.78 is 0. The second kappa shape index (κ2) is 5.92. The molecule has 1 aliphatic rings. The fourth-order valence-electron chi connectivity index (χ4n) is 2.34. The van der Waals surface area contributed by atoms with Crippen LogP contribution in [0.4, 0.5) is 0 Å². The SMILES string of the molecule is CC(C)CCCC(O)C1Cc2ccccc2S1. The molecule has 0 fully saturated rings. The van der Waals surface area contributed by atoms with E-state index in [1.165, 1.54) is 16.9 Å². The first-order chi connectivity index (χ1) is 8.16. The molecule has 0 saturated heterocycles. The molecule has 1 nitrogen and oxygen atoms in total. The smallest absolute Gasteiger partial charge is 0.0665 e. The van der Waals surface area contributed by atoms with Gasteiger partial charge in [0.25, 0.3) is 0 Å². The average molecular weight is 250 g/mol. The van der Waals surface area contributed by atoms with Gasteiger partial charge in [0.15, 0.2) is 0 Å². The van der Waals surface area contributed by atoms with Gasteiger partial charge in [-0.25, -0.2) is 0 Å². The zero-order chi connectivity index (χ0) is 12.3.